The van der Waals surface area contributed by atoms with Crippen LogP contribution in [0.15, 0.2) is 24.3 Å². The first-order valence-electron chi connectivity index (χ1n) is 9.79. The van der Waals surface area contributed by atoms with E-state index in [-0.39, 0.29) is 11.8 Å². The lowest BCUT2D eigenvalue weighted by molar-refractivity contribution is -0.150. The Hall–Kier alpha value is -2.08. The molecule has 162 valence electrons. The van der Waals surface area contributed by atoms with Crippen LogP contribution in [0.2, 0.25) is 0 Å². The van der Waals surface area contributed by atoms with Crippen LogP contribution in [0.3, 0.4) is 0 Å². The second-order valence-corrected chi connectivity index (χ2v) is 7.10. The van der Waals surface area contributed by atoms with Crippen LogP contribution >= 0.6 is 0 Å². The third-order valence-electron chi connectivity index (χ3n) is 4.90. The Bertz CT molecular complexity index is 649. The first kappa shape index (κ1) is 23.2. The molecule has 6 N–H and O–H groups in total. The number of carbonyl (C=O) groups is 2. The molecule has 2 atom stereocenters. The Labute approximate surface area is 171 Å². The van der Waals surface area contributed by atoms with E-state index >= 15 is 0 Å². The number of carbonyl (C=O) groups excluding carboxylic acids is 2. The average Bonchev–Trinajstić information content (AvgIpc) is 2.73. The number of benzene rings is 1. The number of piperazine rings is 1. The molecule has 2 rings (SSSR count). The van der Waals surface area contributed by atoms with Gasteiger partial charge in [0.25, 0.3) is 5.91 Å². The molecule has 1 fully saturated rings. The van der Waals surface area contributed by atoms with Crippen molar-refractivity contribution in [2.24, 2.45) is 5.73 Å². The minimum absolute atomic E-state index is 0.0937. The summed E-state index contributed by atoms with van der Waals surface area (Å²) in [6.45, 7) is 3.37. The van der Waals surface area contributed by atoms with Gasteiger partial charge >= 0.3 is 0 Å². The number of likely N-dealkylation sites (N-methyl/N-ethyl adjacent to an activating group) is 1. The van der Waals surface area contributed by atoms with Gasteiger partial charge in [-0.1, -0.05) is 12.1 Å². The van der Waals surface area contributed by atoms with Crippen LogP contribution < -0.4 is 22.0 Å². The Morgan fingerprint density at radius 1 is 1.21 bits per heavy atom. The highest BCUT2D eigenvalue weighted by Crippen LogP contribution is 2.22. The number of anilines is 1. The number of nitrogens with two attached hydrogens (primary N) is 1. The molecule has 0 bridgehead atoms. The molecule has 10 heteroatoms. The van der Waals surface area contributed by atoms with Gasteiger partial charge in [-0.3, -0.25) is 14.4 Å². The van der Waals surface area contributed by atoms with E-state index in [0.29, 0.717) is 43.7 Å². The fraction of sp³-hybridized carbons (Fsp3) is 0.579. The maximum atomic E-state index is 12.9. The highest BCUT2D eigenvalue weighted by molar-refractivity contribution is 5.94. The summed E-state index contributed by atoms with van der Waals surface area (Å²) in [5.41, 5.74) is 11.8. The van der Waals surface area contributed by atoms with Crippen LogP contribution in [0, 0.1) is 0 Å². The smallest absolute Gasteiger partial charge is 0.258 e. The van der Waals surface area contributed by atoms with Crippen LogP contribution in [0.25, 0.3) is 0 Å². The third kappa shape index (κ3) is 7.03. The van der Waals surface area contributed by atoms with Gasteiger partial charge < -0.3 is 26.1 Å². The summed E-state index contributed by atoms with van der Waals surface area (Å²) in [5, 5.41) is 11.3. The van der Waals surface area contributed by atoms with Gasteiger partial charge in [-0.15, -0.1) is 0 Å². The molecule has 0 aliphatic carbocycles. The van der Waals surface area contributed by atoms with E-state index in [1.54, 1.807) is 36.2 Å². The van der Waals surface area contributed by atoms with E-state index in [2.05, 4.69) is 15.7 Å². The van der Waals surface area contributed by atoms with Crippen molar-refractivity contribution in [3.05, 3.63) is 29.8 Å². The van der Waals surface area contributed by atoms with Crippen molar-refractivity contribution in [3.8, 4) is 0 Å². The predicted octanol–water partition coefficient (Wildman–Crippen LogP) is -0.322. The van der Waals surface area contributed by atoms with Crippen LogP contribution in [0.4, 0.5) is 5.69 Å². The number of hydroxylamine groups is 2. The molecule has 1 aliphatic rings. The number of rotatable bonds is 10. The van der Waals surface area contributed by atoms with Gasteiger partial charge in [0, 0.05) is 45.5 Å². The van der Waals surface area contributed by atoms with Gasteiger partial charge in [0.15, 0.2) is 6.10 Å². The minimum atomic E-state index is -0.763. The Morgan fingerprint density at radius 3 is 2.45 bits per heavy atom. The lowest BCUT2D eigenvalue weighted by Crippen LogP contribution is -2.49. The van der Waals surface area contributed by atoms with Crippen molar-refractivity contribution in [1.82, 2.24) is 20.8 Å². The molecule has 29 heavy (non-hydrogen) atoms. The quantitative estimate of drug-likeness (QED) is 0.263. The second-order valence-electron chi connectivity index (χ2n) is 7.10. The summed E-state index contributed by atoms with van der Waals surface area (Å²) in [5.74, 6) is -0.393. The first-order chi connectivity index (χ1) is 14.0. The van der Waals surface area contributed by atoms with Crippen molar-refractivity contribution in [3.63, 3.8) is 0 Å². The van der Waals surface area contributed by atoms with E-state index in [0.717, 1.165) is 13.1 Å². The lowest BCUT2D eigenvalue weighted by Gasteiger charge is -2.34. The molecule has 0 spiro atoms. The zero-order valence-corrected chi connectivity index (χ0v) is 17.1. The van der Waals surface area contributed by atoms with Crippen molar-refractivity contribution >= 4 is 17.5 Å². The molecule has 10 nitrogen and oxygen atoms in total. The molecule has 1 aliphatic heterocycles. The Morgan fingerprint density at radius 2 is 1.86 bits per heavy atom. The number of nitrogens with one attached hydrogen (secondary N) is 3. The van der Waals surface area contributed by atoms with Crippen molar-refractivity contribution in [2.75, 3.05) is 52.1 Å². The molecule has 1 aromatic carbocycles. The van der Waals surface area contributed by atoms with Gasteiger partial charge in [0.2, 0.25) is 5.91 Å². The molecule has 1 saturated heterocycles. The highest BCUT2D eigenvalue weighted by atomic mass is 16.7. The van der Waals surface area contributed by atoms with Crippen LogP contribution in [0.1, 0.15) is 24.5 Å². The van der Waals surface area contributed by atoms with E-state index in [9.17, 15) is 9.59 Å². The van der Waals surface area contributed by atoms with Crippen LogP contribution in [-0.2, 0) is 14.4 Å². The van der Waals surface area contributed by atoms with E-state index < -0.39 is 12.1 Å². The molecule has 1 unspecified atom stereocenters. The number of amides is 2. The number of hydrogen-bond acceptors (Lipinski definition) is 8. The summed E-state index contributed by atoms with van der Waals surface area (Å²) in [4.78, 5) is 34.5. The summed E-state index contributed by atoms with van der Waals surface area (Å²) in [7, 11) is 3.65. The normalized spacial score (nSPS) is 17.0. The van der Waals surface area contributed by atoms with E-state index in [1.807, 2.05) is 12.5 Å². The summed E-state index contributed by atoms with van der Waals surface area (Å²) in [6.07, 6.45) is 0.276. The molecule has 0 saturated carbocycles. The predicted molar refractivity (Wildman–Crippen MR) is 109 cm³/mol. The fourth-order valence-electron chi connectivity index (χ4n) is 3.08. The third-order valence-corrected chi connectivity index (χ3v) is 4.90. The molecule has 0 aromatic heterocycles. The van der Waals surface area contributed by atoms with Crippen molar-refractivity contribution in [1.29, 1.82) is 0 Å². The van der Waals surface area contributed by atoms with E-state index in [1.165, 1.54) is 0 Å². The molecule has 2 amide bonds. The average molecular weight is 409 g/mol. The standard InChI is InChI=1S/C19H32N6O4/c1-21-29-17(19(27)25-12-10-24(2)11-13-25)14-5-7-15(8-6-14)23-18(26)16(20)4-3-9-22-28/h5-8,16-17,21-22,28H,3-4,9-13,20H2,1-2H3,(H,23,26)/t16-,17?/m0/s1. The molecular formula is C19H32N6O4. The van der Waals surface area contributed by atoms with Gasteiger partial charge in [0.05, 0.1) is 6.04 Å². The summed E-state index contributed by atoms with van der Waals surface area (Å²) < 4.78 is 0. The van der Waals surface area contributed by atoms with E-state index in [4.69, 9.17) is 15.8 Å². The van der Waals surface area contributed by atoms with Crippen LogP contribution in [-0.4, -0.2) is 79.7 Å². The monoisotopic (exact) mass is 408 g/mol. The minimum Gasteiger partial charge on any atom is -0.338 e. The summed E-state index contributed by atoms with van der Waals surface area (Å²) in [6, 6.07) is 6.29. The van der Waals surface area contributed by atoms with Gasteiger partial charge in [0.1, 0.15) is 0 Å². The van der Waals surface area contributed by atoms with Crippen molar-refractivity contribution < 1.29 is 19.6 Å². The first-order valence-corrected chi connectivity index (χ1v) is 9.79. The lowest BCUT2D eigenvalue weighted by atomic mass is 10.1. The van der Waals surface area contributed by atoms with Crippen molar-refractivity contribution in [2.45, 2.75) is 25.0 Å². The largest absolute Gasteiger partial charge is 0.338 e. The molecule has 1 aromatic rings. The maximum Gasteiger partial charge on any atom is 0.258 e. The molecular weight excluding hydrogens is 376 g/mol. The highest BCUT2D eigenvalue weighted by Gasteiger charge is 2.29. The number of hydrogen-bond donors (Lipinski definition) is 5. The fourth-order valence-corrected chi connectivity index (χ4v) is 3.08. The van der Waals surface area contributed by atoms with Gasteiger partial charge in [-0.05, 0) is 37.6 Å². The SMILES string of the molecule is CNOC(C(=O)N1CCN(C)CC1)c1ccc(NC(=O)[C@@H](N)CCCNO)cc1. The molecule has 1 heterocycles. The topological polar surface area (TPSA) is 132 Å². The van der Waals surface area contributed by atoms with Gasteiger partial charge in [-0.2, -0.15) is 0 Å². The summed E-state index contributed by atoms with van der Waals surface area (Å²) >= 11 is 0. The van der Waals surface area contributed by atoms with Crippen LogP contribution in [0.5, 0.6) is 0 Å². The zero-order chi connectivity index (χ0) is 21.2. The number of nitrogens with zero attached hydrogens (tertiary/aromatic N) is 2. The van der Waals surface area contributed by atoms with Gasteiger partial charge in [-0.25, -0.2) is 11.0 Å². The zero-order valence-electron chi connectivity index (χ0n) is 17.1. The Balaban J connectivity index is 1.98. The second kappa shape index (κ2) is 11.8. The maximum absolute atomic E-state index is 12.9. The Kier molecular flexibility index (Phi) is 9.45. The molecule has 0 radical (unpaired) electrons.